The van der Waals surface area contributed by atoms with E-state index in [1.165, 1.54) is 5.56 Å². The van der Waals surface area contributed by atoms with Crippen molar-refractivity contribution in [1.82, 2.24) is 4.90 Å². The molecule has 0 aromatic heterocycles. The van der Waals surface area contributed by atoms with Gasteiger partial charge in [-0.15, -0.1) is 0 Å². The zero-order valence-corrected chi connectivity index (χ0v) is 10.5. The SMILES string of the molecule is O=C(O)[C@@]12CCC[C@H]1CN(Cc1ccccc1)C2. The van der Waals surface area contributed by atoms with Crippen molar-refractivity contribution in [3.8, 4) is 0 Å². The first-order chi connectivity index (χ1) is 8.71. The fraction of sp³-hybridized carbons (Fsp3) is 0.533. The van der Waals surface area contributed by atoms with Crippen molar-refractivity contribution in [3.63, 3.8) is 0 Å². The van der Waals surface area contributed by atoms with Crippen LogP contribution in [0.15, 0.2) is 30.3 Å². The second kappa shape index (κ2) is 4.39. The first-order valence-corrected chi connectivity index (χ1v) is 6.70. The number of carboxylic acid groups (broad SMARTS) is 1. The third-order valence-corrected chi connectivity index (χ3v) is 4.62. The summed E-state index contributed by atoms with van der Waals surface area (Å²) in [7, 11) is 0. The lowest BCUT2D eigenvalue weighted by atomic mass is 9.81. The Hall–Kier alpha value is -1.35. The highest BCUT2D eigenvalue weighted by atomic mass is 16.4. The molecule has 1 aliphatic carbocycles. The Kier molecular flexibility index (Phi) is 2.86. The average Bonchev–Trinajstić information content (AvgIpc) is 2.87. The van der Waals surface area contributed by atoms with Gasteiger partial charge in [0.2, 0.25) is 0 Å². The number of fused-ring (bicyclic) bond motifs is 1. The van der Waals surface area contributed by atoms with Crippen molar-refractivity contribution in [2.45, 2.75) is 25.8 Å². The first kappa shape index (κ1) is 11.7. The molecule has 1 aromatic rings. The molecule has 1 aliphatic heterocycles. The molecule has 18 heavy (non-hydrogen) atoms. The number of benzene rings is 1. The summed E-state index contributed by atoms with van der Waals surface area (Å²) in [6, 6.07) is 10.3. The van der Waals surface area contributed by atoms with Crippen LogP contribution in [0.4, 0.5) is 0 Å². The Labute approximate surface area is 107 Å². The van der Waals surface area contributed by atoms with E-state index in [4.69, 9.17) is 0 Å². The second-order valence-electron chi connectivity index (χ2n) is 5.71. The van der Waals surface area contributed by atoms with Crippen molar-refractivity contribution < 1.29 is 9.90 Å². The van der Waals surface area contributed by atoms with E-state index >= 15 is 0 Å². The molecule has 2 aliphatic rings. The number of hydrogen-bond acceptors (Lipinski definition) is 2. The van der Waals surface area contributed by atoms with Gasteiger partial charge in [0.25, 0.3) is 0 Å². The Bertz CT molecular complexity index is 445. The predicted molar refractivity (Wildman–Crippen MR) is 69.1 cm³/mol. The third kappa shape index (κ3) is 1.83. The van der Waals surface area contributed by atoms with Gasteiger partial charge in [-0.3, -0.25) is 9.69 Å². The van der Waals surface area contributed by atoms with Gasteiger partial charge in [-0.05, 0) is 24.3 Å². The Morgan fingerprint density at radius 1 is 1.39 bits per heavy atom. The summed E-state index contributed by atoms with van der Waals surface area (Å²) in [6.07, 6.45) is 3.02. The highest BCUT2D eigenvalue weighted by Gasteiger charge is 2.54. The number of carbonyl (C=O) groups is 1. The topological polar surface area (TPSA) is 40.5 Å². The number of aliphatic carboxylic acids is 1. The van der Waals surface area contributed by atoms with Crippen molar-refractivity contribution in [2.24, 2.45) is 11.3 Å². The van der Waals surface area contributed by atoms with E-state index in [0.717, 1.165) is 38.9 Å². The number of likely N-dealkylation sites (tertiary alicyclic amines) is 1. The minimum Gasteiger partial charge on any atom is -0.481 e. The lowest BCUT2D eigenvalue weighted by Gasteiger charge is -2.23. The Morgan fingerprint density at radius 3 is 2.83 bits per heavy atom. The van der Waals surface area contributed by atoms with Crippen LogP contribution in [-0.2, 0) is 11.3 Å². The molecular weight excluding hydrogens is 226 g/mol. The highest BCUT2D eigenvalue weighted by Crippen LogP contribution is 2.49. The number of carboxylic acids is 1. The number of nitrogens with zero attached hydrogens (tertiary/aromatic N) is 1. The van der Waals surface area contributed by atoms with E-state index in [9.17, 15) is 9.90 Å². The molecule has 2 atom stereocenters. The Balaban J connectivity index is 1.73. The van der Waals surface area contributed by atoms with Crippen LogP contribution in [0, 0.1) is 11.3 Å². The number of hydrogen-bond donors (Lipinski definition) is 1. The molecule has 1 saturated heterocycles. The average molecular weight is 245 g/mol. The molecule has 0 unspecified atom stereocenters. The molecular formula is C15H19NO2. The summed E-state index contributed by atoms with van der Waals surface area (Å²) in [6.45, 7) is 2.55. The third-order valence-electron chi connectivity index (χ3n) is 4.62. The smallest absolute Gasteiger partial charge is 0.311 e. The zero-order valence-electron chi connectivity index (χ0n) is 10.5. The summed E-state index contributed by atoms with van der Waals surface area (Å²) < 4.78 is 0. The maximum absolute atomic E-state index is 11.6. The van der Waals surface area contributed by atoms with Crippen LogP contribution in [-0.4, -0.2) is 29.1 Å². The molecule has 96 valence electrons. The molecule has 0 bridgehead atoms. The summed E-state index contributed by atoms with van der Waals surface area (Å²) in [4.78, 5) is 13.9. The lowest BCUT2D eigenvalue weighted by Crippen LogP contribution is -2.35. The molecule has 1 saturated carbocycles. The van der Waals surface area contributed by atoms with Crippen LogP contribution >= 0.6 is 0 Å². The van der Waals surface area contributed by atoms with Crippen molar-refractivity contribution in [3.05, 3.63) is 35.9 Å². The van der Waals surface area contributed by atoms with E-state index in [1.807, 2.05) is 18.2 Å². The molecule has 0 amide bonds. The zero-order chi connectivity index (χ0) is 12.6. The van der Waals surface area contributed by atoms with Gasteiger partial charge in [0.05, 0.1) is 5.41 Å². The van der Waals surface area contributed by atoms with Crippen LogP contribution in [0.2, 0.25) is 0 Å². The summed E-state index contributed by atoms with van der Waals surface area (Å²) in [5, 5.41) is 9.53. The fourth-order valence-electron chi connectivity index (χ4n) is 3.71. The van der Waals surface area contributed by atoms with E-state index in [0.29, 0.717) is 5.92 Å². The molecule has 2 fully saturated rings. The molecule has 3 rings (SSSR count). The monoisotopic (exact) mass is 245 g/mol. The van der Waals surface area contributed by atoms with Gasteiger partial charge in [-0.25, -0.2) is 0 Å². The largest absolute Gasteiger partial charge is 0.481 e. The lowest BCUT2D eigenvalue weighted by molar-refractivity contribution is -0.149. The van der Waals surface area contributed by atoms with E-state index in [1.54, 1.807) is 0 Å². The molecule has 1 heterocycles. The fourth-order valence-corrected chi connectivity index (χ4v) is 3.71. The van der Waals surface area contributed by atoms with Crippen LogP contribution in [0.25, 0.3) is 0 Å². The van der Waals surface area contributed by atoms with Crippen LogP contribution < -0.4 is 0 Å². The van der Waals surface area contributed by atoms with Gasteiger partial charge in [0, 0.05) is 19.6 Å². The standard InChI is InChI=1S/C15H19NO2/c17-14(18)15-8-4-7-13(15)10-16(11-15)9-12-5-2-1-3-6-12/h1-3,5-6,13H,4,7-11H2,(H,17,18)/t13-,15+/m0/s1. The summed E-state index contributed by atoms with van der Waals surface area (Å²) in [5.41, 5.74) is 0.826. The van der Waals surface area contributed by atoms with Gasteiger partial charge < -0.3 is 5.11 Å². The second-order valence-corrected chi connectivity index (χ2v) is 5.71. The summed E-state index contributed by atoms with van der Waals surface area (Å²) >= 11 is 0. The first-order valence-electron chi connectivity index (χ1n) is 6.70. The minimum absolute atomic E-state index is 0.360. The molecule has 0 radical (unpaired) electrons. The maximum Gasteiger partial charge on any atom is 0.311 e. The normalized spacial score (nSPS) is 31.4. The highest BCUT2D eigenvalue weighted by molar-refractivity contribution is 5.76. The molecule has 1 N–H and O–H groups in total. The van der Waals surface area contributed by atoms with E-state index in [-0.39, 0.29) is 0 Å². The Morgan fingerprint density at radius 2 is 2.17 bits per heavy atom. The van der Waals surface area contributed by atoms with Gasteiger partial charge in [-0.1, -0.05) is 36.8 Å². The predicted octanol–water partition coefficient (Wildman–Crippen LogP) is 2.37. The van der Waals surface area contributed by atoms with Crippen molar-refractivity contribution in [2.75, 3.05) is 13.1 Å². The van der Waals surface area contributed by atoms with Crippen LogP contribution in [0.1, 0.15) is 24.8 Å². The molecule has 3 nitrogen and oxygen atoms in total. The van der Waals surface area contributed by atoms with Gasteiger partial charge in [0.1, 0.15) is 0 Å². The van der Waals surface area contributed by atoms with Gasteiger partial charge in [-0.2, -0.15) is 0 Å². The van der Waals surface area contributed by atoms with Crippen LogP contribution in [0.5, 0.6) is 0 Å². The minimum atomic E-state index is -0.583. The molecule has 0 spiro atoms. The van der Waals surface area contributed by atoms with Crippen molar-refractivity contribution in [1.29, 1.82) is 0 Å². The van der Waals surface area contributed by atoms with E-state index < -0.39 is 11.4 Å². The van der Waals surface area contributed by atoms with Crippen LogP contribution in [0.3, 0.4) is 0 Å². The molecule has 1 aromatic carbocycles. The maximum atomic E-state index is 11.6. The van der Waals surface area contributed by atoms with Crippen molar-refractivity contribution >= 4 is 5.97 Å². The summed E-state index contributed by atoms with van der Waals surface area (Å²) in [5.74, 6) is -0.223. The van der Waals surface area contributed by atoms with Gasteiger partial charge >= 0.3 is 5.97 Å². The molecule has 3 heteroatoms. The van der Waals surface area contributed by atoms with E-state index in [2.05, 4.69) is 17.0 Å². The quantitative estimate of drug-likeness (QED) is 0.888. The van der Waals surface area contributed by atoms with Gasteiger partial charge in [0.15, 0.2) is 0 Å². The number of rotatable bonds is 3.